The zero-order valence-electron chi connectivity index (χ0n) is 10.3. The molecular weight excluding hydrogens is 218 g/mol. The van der Waals surface area contributed by atoms with E-state index < -0.39 is 0 Å². The van der Waals surface area contributed by atoms with Gasteiger partial charge in [0.25, 0.3) is 5.91 Å². The number of methoxy groups -OCH3 is 1. The van der Waals surface area contributed by atoms with Gasteiger partial charge in [-0.15, -0.1) is 0 Å². The molecule has 1 rings (SSSR count). The van der Waals surface area contributed by atoms with E-state index in [1.807, 2.05) is 6.92 Å². The van der Waals surface area contributed by atoms with Gasteiger partial charge in [0.15, 0.2) is 0 Å². The summed E-state index contributed by atoms with van der Waals surface area (Å²) in [6.45, 7) is 2.70. The van der Waals surface area contributed by atoms with Gasteiger partial charge in [0.05, 0.1) is 7.11 Å². The van der Waals surface area contributed by atoms with Crippen molar-refractivity contribution in [1.82, 2.24) is 5.32 Å². The highest BCUT2D eigenvalue weighted by Gasteiger charge is 2.08. The predicted molar refractivity (Wildman–Crippen MR) is 66.2 cm³/mol. The molecule has 0 radical (unpaired) electrons. The van der Waals surface area contributed by atoms with Gasteiger partial charge in [-0.2, -0.15) is 0 Å². The van der Waals surface area contributed by atoms with Crippen molar-refractivity contribution in [3.63, 3.8) is 0 Å². The first-order chi connectivity index (χ1) is 8.17. The summed E-state index contributed by atoms with van der Waals surface area (Å²) in [6.07, 6.45) is 0.693. The second kappa shape index (κ2) is 6.91. The lowest BCUT2D eigenvalue weighted by Gasteiger charge is -2.11. The molecular formula is C13H19NO3. The lowest BCUT2D eigenvalue weighted by molar-refractivity contribution is 0.0945. The number of hydrogen-bond acceptors (Lipinski definition) is 3. The van der Waals surface area contributed by atoms with E-state index in [9.17, 15) is 4.79 Å². The molecule has 0 aliphatic rings. The van der Waals surface area contributed by atoms with Gasteiger partial charge in [0.1, 0.15) is 5.75 Å². The van der Waals surface area contributed by atoms with Gasteiger partial charge in [-0.05, 0) is 30.5 Å². The Balaban J connectivity index is 2.51. The van der Waals surface area contributed by atoms with Crippen LogP contribution in [-0.2, 0) is 0 Å². The number of ether oxygens (including phenoxy) is 1. The van der Waals surface area contributed by atoms with E-state index in [1.165, 1.54) is 0 Å². The van der Waals surface area contributed by atoms with Crippen LogP contribution in [0.15, 0.2) is 24.3 Å². The Morgan fingerprint density at radius 3 is 2.94 bits per heavy atom. The third-order valence-electron chi connectivity index (χ3n) is 2.56. The van der Waals surface area contributed by atoms with Crippen LogP contribution in [0.25, 0.3) is 0 Å². The Hall–Kier alpha value is -1.55. The normalized spacial score (nSPS) is 11.9. The number of amides is 1. The third-order valence-corrected chi connectivity index (χ3v) is 2.56. The maximum atomic E-state index is 11.8. The van der Waals surface area contributed by atoms with Crippen LogP contribution in [-0.4, -0.2) is 31.3 Å². The minimum Gasteiger partial charge on any atom is -0.497 e. The Morgan fingerprint density at radius 2 is 2.29 bits per heavy atom. The molecule has 1 unspecified atom stereocenters. The van der Waals surface area contributed by atoms with Gasteiger partial charge in [0, 0.05) is 18.7 Å². The highest BCUT2D eigenvalue weighted by Crippen LogP contribution is 2.12. The number of carbonyl (C=O) groups excluding carboxylic acids is 1. The van der Waals surface area contributed by atoms with Gasteiger partial charge in [-0.1, -0.05) is 13.0 Å². The Morgan fingerprint density at radius 1 is 1.53 bits per heavy atom. The first kappa shape index (κ1) is 13.5. The lowest BCUT2D eigenvalue weighted by Crippen LogP contribution is -2.28. The maximum absolute atomic E-state index is 11.8. The summed E-state index contributed by atoms with van der Waals surface area (Å²) < 4.78 is 5.06. The second-order valence-electron chi connectivity index (χ2n) is 4.06. The van der Waals surface area contributed by atoms with E-state index >= 15 is 0 Å². The average Bonchev–Trinajstić information content (AvgIpc) is 2.36. The Kier molecular flexibility index (Phi) is 5.49. The van der Waals surface area contributed by atoms with Crippen LogP contribution in [0, 0.1) is 5.92 Å². The van der Waals surface area contributed by atoms with E-state index in [0.717, 1.165) is 0 Å². The SMILES string of the molecule is COc1cccc(C(=O)NCC(C)CCO)c1. The van der Waals surface area contributed by atoms with Crippen LogP contribution >= 0.6 is 0 Å². The van der Waals surface area contributed by atoms with Crippen LogP contribution in [0.3, 0.4) is 0 Å². The minimum absolute atomic E-state index is 0.117. The smallest absolute Gasteiger partial charge is 0.251 e. The molecule has 0 spiro atoms. The molecule has 17 heavy (non-hydrogen) atoms. The number of carbonyl (C=O) groups is 1. The molecule has 4 heteroatoms. The van der Waals surface area contributed by atoms with Crippen LogP contribution in [0.4, 0.5) is 0 Å². The third kappa shape index (κ3) is 4.44. The molecule has 1 aromatic rings. The average molecular weight is 237 g/mol. The summed E-state index contributed by atoms with van der Waals surface area (Å²) in [6, 6.07) is 7.02. The zero-order chi connectivity index (χ0) is 12.7. The van der Waals surface area contributed by atoms with Gasteiger partial charge in [-0.3, -0.25) is 4.79 Å². The molecule has 94 valence electrons. The lowest BCUT2D eigenvalue weighted by atomic mass is 10.1. The van der Waals surface area contributed by atoms with Crippen molar-refractivity contribution in [1.29, 1.82) is 0 Å². The van der Waals surface area contributed by atoms with E-state index in [0.29, 0.717) is 24.3 Å². The number of nitrogens with one attached hydrogen (secondary N) is 1. The van der Waals surface area contributed by atoms with Crippen LogP contribution in [0.2, 0.25) is 0 Å². The van der Waals surface area contributed by atoms with Crippen molar-refractivity contribution >= 4 is 5.91 Å². The molecule has 0 aliphatic carbocycles. The first-order valence-electron chi connectivity index (χ1n) is 5.70. The molecule has 0 saturated heterocycles. The number of rotatable bonds is 6. The minimum atomic E-state index is -0.117. The number of aliphatic hydroxyl groups is 1. The van der Waals surface area contributed by atoms with Gasteiger partial charge >= 0.3 is 0 Å². The molecule has 0 heterocycles. The topological polar surface area (TPSA) is 58.6 Å². The highest BCUT2D eigenvalue weighted by atomic mass is 16.5. The molecule has 0 fully saturated rings. The molecule has 1 atom stereocenters. The first-order valence-corrected chi connectivity index (χ1v) is 5.70. The van der Waals surface area contributed by atoms with Gasteiger partial charge in [-0.25, -0.2) is 0 Å². The molecule has 0 saturated carbocycles. The molecule has 0 bridgehead atoms. The largest absolute Gasteiger partial charge is 0.497 e. The summed E-state index contributed by atoms with van der Waals surface area (Å²) in [5.74, 6) is 0.823. The summed E-state index contributed by atoms with van der Waals surface area (Å²) in [5, 5.41) is 11.6. The maximum Gasteiger partial charge on any atom is 0.251 e. The standard InChI is InChI=1S/C13H19NO3/c1-10(6-7-15)9-14-13(16)11-4-3-5-12(8-11)17-2/h3-5,8,10,15H,6-7,9H2,1-2H3,(H,14,16). The summed E-state index contributed by atoms with van der Waals surface area (Å²) in [7, 11) is 1.57. The molecule has 1 amide bonds. The van der Waals surface area contributed by atoms with Gasteiger partial charge < -0.3 is 15.2 Å². The predicted octanol–water partition coefficient (Wildman–Crippen LogP) is 1.44. The number of benzene rings is 1. The summed E-state index contributed by atoms with van der Waals surface area (Å²) in [5.41, 5.74) is 0.584. The van der Waals surface area contributed by atoms with Gasteiger partial charge in [0.2, 0.25) is 0 Å². The van der Waals surface area contributed by atoms with Crippen molar-refractivity contribution < 1.29 is 14.6 Å². The Labute approximate surface area is 102 Å². The fourth-order valence-electron chi connectivity index (χ4n) is 1.46. The molecule has 0 aromatic heterocycles. The quantitative estimate of drug-likeness (QED) is 0.787. The molecule has 0 aliphatic heterocycles. The molecule has 2 N–H and O–H groups in total. The summed E-state index contributed by atoms with van der Waals surface area (Å²) in [4.78, 5) is 11.8. The second-order valence-corrected chi connectivity index (χ2v) is 4.06. The van der Waals surface area contributed by atoms with E-state index in [1.54, 1.807) is 31.4 Å². The Bertz CT molecular complexity index is 365. The highest BCUT2D eigenvalue weighted by molar-refractivity contribution is 5.94. The molecule has 4 nitrogen and oxygen atoms in total. The summed E-state index contributed by atoms with van der Waals surface area (Å²) >= 11 is 0. The van der Waals surface area contributed by atoms with Crippen molar-refractivity contribution in [3.05, 3.63) is 29.8 Å². The van der Waals surface area contributed by atoms with Crippen molar-refractivity contribution in [3.8, 4) is 5.75 Å². The zero-order valence-corrected chi connectivity index (χ0v) is 10.3. The number of aliphatic hydroxyl groups excluding tert-OH is 1. The fraction of sp³-hybridized carbons (Fsp3) is 0.462. The van der Waals surface area contributed by atoms with Crippen molar-refractivity contribution in [2.75, 3.05) is 20.3 Å². The van der Waals surface area contributed by atoms with E-state index in [4.69, 9.17) is 9.84 Å². The molecule has 1 aromatic carbocycles. The van der Waals surface area contributed by atoms with Crippen LogP contribution in [0.1, 0.15) is 23.7 Å². The monoisotopic (exact) mass is 237 g/mol. The fourth-order valence-corrected chi connectivity index (χ4v) is 1.46. The van der Waals surface area contributed by atoms with Crippen molar-refractivity contribution in [2.45, 2.75) is 13.3 Å². The number of hydrogen-bond donors (Lipinski definition) is 2. The van der Waals surface area contributed by atoms with Crippen molar-refractivity contribution in [2.24, 2.45) is 5.92 Å². The van der Waals surface area contributed by atoms with Crippen LogP contribution in [0.5, 0.6) is 5.75 Å². The van der Waals surface area contributed by atoms with E-state index in [-0.39, 0.29) is 18.4 Å². The van der Waals surface area contributed by atoms with Crippen LogP contribution < -0.4 is 10.1 Å². The van der Waals surface area contributed by atoms with E-state index in [2.05, 4.69) is 5.32 Å².